The van der Waals surface area contributed by atoms with Gasteiger partial charge in [0.1, 0.15) is 17.4 Å². The number of rotatable bonds is 8. The van der Waals surface area contributed by atoms with Crippen molar-refractivity contribution in [3.05, 3.63) is 89.8 Å². The number of hydrogen-bond donors (Lipinski definition) is 1. The van der Waals surface area contributed by atoms with Crippen LogP contribution in [0, 0.1) is 11.7 Å². The summed E-state index contributed by atoms with van der Waals surface area (Å²) in [6, 6.07) is 13.2. The molecule has 2 aromatic carbocycles. The van der Waals surface area contributed by atoms with E-state index in [1.807, 2.05) is 11.5 Å². The highest BCUT2D eigenvalue weighted by molar-refractivity contribution is 5.79. The highest BCUT2D eigenvalue weighted by Gasteiger charge is 2.31. The number of carbonyl (C=O) groups is 1. The zero-order valence-corrected chi connectivity index (χ0v) is 18.7. The van der Waals surface area contributed by atoms with Crippen LogP contribution in [0.2, 0.25) is 0 Å². The van der Waals surface area contributed by atoms with E-state index in [2.05, 4.69) is 14.7 Å². The summed E-state index contributed by atoms with van der Waals surface area (Å²) in [6.07, 6.45) is -1.33. The number of fused-ring (bicyclic) bond motifs is 1. The van der Waals surface area contributed by atoms with Crippen LogP contribution >= 0.6 is 0 Å². The molecule has 4 rings (SSSR count). The average Bonchev–Trinajstić information content (AvgIpc) is 3.14. The lowest BCUT2D eigenvalue weighted by Crippen LogP contribution is -2.30. The molecule has 0 radical (unpaired) electrons. The maximum absolute atomic E-state index is 13.4. The van der Waals surface area contributed by atoms with Crippen molar-refractivity contribution in [3.63, 3.8) is 0 Å². The number of aromatic nitrogens is 3. The minimum absolute atomic E-state index is 0.206. The van der Waals surface area contributed by atoms with Gasteiger partial charge >= 0.3 is 6.36 Å². The summed E-state index contributed by atoms with van der Waals surface area (Å²) in [5, 5.41) is 0. The van der Waals surface area contributed by atoms with Crippen LogP contribution in [0.15, 0.2) is 67.0 Å². The van der Waals surface area contributed by atoms with Gasteiger partial charge in [-0.15, -0.1) is 13.2 Å². The molecule has 182 valence electrons. The fraction of sp³-hybridized carbons (Fsp3) is 0.240. The third kappa shape index (κ3) is 5.76. The van der Waals surface area contributed by atoms with Gasteiger partial charge in [0.05, 0.1) is 23.1 Å². The monoisotopic (exact) mass is 486 g/mol. The van der Waals surface area contributed by atoms with E-state index >= 15 is 0 Å². The first kappa shape index (κ1) is 24.2. The smallest absolute Gasteiger partial charge is 0.406 e. The lowest BCUT2D eigenvalue weighted by atomic mass is 9.84. The SMILES string of the molecule is C[C@H](c1ccc(F)cc1)C(Cc1nc2ccncc2n1Cc1ccc(OC(F)(F)F)cc1)C(N)=O. The number of hydrogen-bond acceptors (Lipinski definition) is 4. The van der Waals surface area contributed by atoms with E-state index in [-0.39, 0.29) is 30.5 Å². The van der Waals surface area contributed by atoms with E-state index < -0.39 is 18.2 Å². The molecule has 6 nitrogen and oxygen atoms in total. The highest BCUT2D eigenvalue weighted by Crippen LogP contribution is 2.29. The topological polar surface area (TPSA) is 83.0 Å². The van der Waals surface area contributed by atoms with Crippen LogP contribution in [0.25, 0.3) is 11.0 Å². The molecule has 0 bridgehead atoms. The first-order valence-electron chi connectivity index (χ1n) is 10.8. The third-order valence-electron chi connectivity index (χ3n) is 5.89. The van der Waals surface area contributed by atoms with Crippen molar-refractivity contribution in [3.8, 4) is 5.75 Å². The number of benzene rings is 2. The van der Waals surface area contributed by atoms with Crippen LogP contribution in [-0.4, -0.2) is 26.8 Å². The average molecular weight is 486 g/mol. The Morgan fingerprint density at radius 3 is 2.40 bits per heavy atom. The maximum atomic E-state index is 13.4. The number of halogens is 4. The molecule has 2 heterocycles. The molecule has 0 saturated carbocycles. The van der Waals surface area contributed by atoms with Crippen LogP contribution in [0.3, 0.4) is 0 Å². The Hall–Kier alpha value is -3.95. The van der Waals surface area contributed by atoms with Crippen LogP contribution in [0.1, 0.15) is 29.8 Å². The van der Waals surface area contributed by atoms with Crippen molar-refractivity contribution >= 4 is 16.9 Å². The second-order valence-corrected chi connectivity index (χ2v) is 8.22. The van der Waals surface area contributed by atoms with Crippen molar-refractivity contribution in [1.29, 1.82) is 0 Å². The fourth-order valence-corrected chi connectivity index (χ4v) is 4.05. The van der Waals surface area contributed by atoms with Crippen molar-refractivity contribution < 1.29 is 27.1 Å². The molecule has 35 heavy (non-hydrogen) atoms. The highest BCUT2D eigenvalue weighted by atomic mass is 19.4. The Morgan fingerprint density at radius 1 is 1.09 bits per heavy atom. The number of primary amides is 1. The summed E-state index contributed by atoms with van der Waals surface area (Å²) in [7, 11) is 0. The van der Waals surface area contributed by atoms with Gasteiger partial charge in [0.15, 0.2) is 0 Å². The Morgan fingerprint density at radius 2 is 1.77 bits per heavy atom. The van der Waals surface area contributed by atoms with E-state index in [1.54, 1.807) is 30.6 Å². The molecule has 1 amide bonds. The van der Waals surface area contributed by atoms with Gasteiger partial charge in [-0.2, -0.15) is 0 Å². The van der Waals surface area contributed by atoms with Crippen molar-refractivity contribution in [1.82, 2.24) is 14.5 Å². The van der Waals surface area contributed by atoms with Crippen LogP contribution in [0.4, 0.5) is 17.6 Å². The number of nitrogens with two attached hydrogens (primary N) is 1. The molecule has 0 aliphatic carbocycles. The summed E-state index contributed by atoms with van der Waals surface area (Å²) >= 11 is 0. The third-order valence-corrected chi connectivity index (χ3v) is 5.89. The zero-order valence-electron chi connectivity index (χ0n) is 18.7. The Labute approximate surface area is 198 Å². The molecule has 0 spiro atoms. The van der Waals surface area contributed by atoms with Gasteiger partial charge in [0.25, 0.3) is 0 Å². The number of alkyl halides is 3. The lowest BCUT2D eigenvalue weighted by Gasteiger charge is -2.22. The molecule has 2 atom stereocenters. The largest absolute Gasteiger partial charge is 0.573 e. The second kappa shape index (κ2) is 9.73. The van der Waals surface area contributed by atoms with E-state index in [0.717, 1.165) is 5.56 Å². The van der Waals surface area contributed by atoms with Gasteiger partial charge < -0.3 is 15.0 Å². The van der Waals surface area contributed by atoms with Gasteiger partial charge in [-0.3, -0.25) is 9.78 Å². The summed E-state index contributed by atoms with van der Waals surface area (Å²) in [6.45, 7) is 2.12. The molecular formula is C25H22F4N4O2. The molecule has 0 saturated heterocycles. The Bertz CT molecular complexity index is 1320. The minimum atomic E-state index is -4.77. The van der Waals surface area contributed by atoms with Crippen molar-refractivity contribution in [2.45, 2.75) is 32.2 Å². The van der Waals surface area contributed by atoms with E-state index in [0.29, 0.717) is 22.4 Å². The Kier molecular flexibility index (Phi) is 6.72. The number of ether oxygens (including phenoxy) is 1. The molecule has 1 unspecified atom stereocenters. The lowest BCUT2D eigenvalue weighted by molar-refractivity contribution is -0.274. The molecule has 2 N–H and O–H groups in total. The van der Waals surface area contributed by atoms with E-state index in [1.165, 1.54) is 36.4 Å². The van der Waals surface area contributed by atoms with Gasteiger partial charge in [-0.25, -0.2) is 9.37 Å². The van der Waals surface area contributed by atoms with Gasteiger partial charge in [0.2, 0.25) is 5.91 Å². The van der Waals surface area contributed by atoms with Gasteiger partial charge in [-0.05, 0) is 47.4 Å². The number of pyridine rings is 1. The number of carbonyl (C=O) groups excluding carboxylic acids is 1. The zero-order chi connectivity index (χ0) is 25.2. The normalized spacial score (nSPS) is 13.5. The second-order valence-electron chi connectivity index (χ2n) is 8.22. The first-order valence-corrected chi connectivity index (χ1v) is 10.8. The van der Waals surface area contributed by atoms with Crippen LogP contribution < -0.4 is 10.5 Å². The van der Waals surface area contributed by atoms with Crippen molar-refractivity contribution in [2.24, 2.45) is 11.7 Å². The molecule has 2 aromatic heterocycles. The predicted molar refractivity (Wildman–Crippen MR) is 121 cm³/mol. The molecule has 4 aromatic rings. The quantitative estimate of drug-likeness (QED) is 0.357. The standard InChI is InChI=1S/C25H22F4N4O2/c1-15(17-4-6-18(26)7-5-17)20(24(30)34)12-23-32-21-10-11-31-13-22(21)33(23)14-16-2-8-19(9-3-16)35-25(27,28)29/h2-11,13,15,20H,12,14H2,1H3,(H2,30,34)/t15-,20?/m1/s1. The fourth-order valence-electron chi connectivity index (χ4n) is 4.05. The summed E-state index contributed by atoms with van der Waals surface area (Å²) in [4.78, 5) is 21.2. The molecule has 0 aliphatic heterocycles. The van der Waals surface area contributed by atoms with Crippen LogP contribution in [-0.2, 0) is 17.8 Å². The van der Waals surface area contributed by atoms with Crippen LogP contribution in [0.5, 0.6) is 5.75 Å². The van der Waals surface area contributed by atoms with E-state index in [9.17, 15) is 22.4 Å². The molecule has 10 heteroatoms. The Balaban J connectivity index is 1.65. The van der Waals surface area contributed by atoms with E-state index in [4.69, 9.17) is 5.73 Å². The molecular weight excluding hydrogens is 464 g/mol. The number of nitrogens with zero attached hydrogens (tertiary/aromatic N) is 3. The number of imidazole rings is 1. The number of amides is 1. The van der Waals surface area contributed by atoms with Gasteiger partial charge in [-0.1, -0.05) is 31.2 Å². The maximum Gasteiger partial charge on any atom is 0.573 e. The summed E-state index contributed by atoms with van der Waals surface area (Å²) in [5.41, 5.74) is 8.57. The van der Waals surface area contributed by atoms with Crippen molar-refractivity contribution in [2.75, 3.05) is 0 Å². The predicted octanol–water partition coefficient (Wildman–Crippen LogP) is 4.97. The summed E-state index contributed by atoms with van der Waals surface area (Å²) in [5.74, 6) is -1.59. The molecule has 0 fully saturated rings. The molecule has 0 aliphatic rings. The van der Waals surface area contributed by atoms with Gasteiger partial charge in [0, 0.05) is 19.2 Å². The summed E-state index contributed by atoms with van der Waals surface area (Å²) < 4.78 is 56.6. The minimum Gasteiger partial charge on any atom is -0.406 e. The first-order chi connectivity index (χ1) is 16.6.